The third-order valence-electron chi connectivity index (χ3n) is 1.51. The molecule has 1 aromatic rings. The maximum atomic E-state index is 5.16. The monoisotopic (exact) mass is 258 g/mol. The van der Waals surface area contributed by atoms with Crippen LogP contribution in [0.15, 0.2) is 34.5 Å². The summed E-state index contributed by atoms with van der Waals surface area (Å²) in [6.45, 7) is 0. The number of hydrogen-bond acceptors (Lipinski definition) is 4. The zero-order valence-electron chi connectivity index (χ0n) is 8.92. The van der Waals surface area contributed by atoms with Crippen LogP contribution in [-0.2, 0) is 0 Å². The third kappa shape index (κ3) is 5.95. The molecule has 0 aliphatic carbocycles. The maximum Gasteiger partial charge on any atom is 0.208 e. The van der Waals surface area contributed by atoms with Gasteiger partial charge in [-0.25, -0.2) is 0 Å². The van der Waals surface area contributed by atoms with Crippen LogP contribution >= 0.6 is 12.4 Å². The number of nitrogens with two attached hydrogens (primary N) is 4. The highest BCUT2D eigenvalue weighted by Gasteiger charge is 1.92. The Morgan fingerprint density at radius 2 is 1.06 bits per heavy atom. The number of hydrogen-bond donors (Lipinski definition) is 6. The average molecular weight is 259 g/mol. The summed E-state index contributed by atoms with van der Waals surface area (Å²) in [5, 5.41) is 7.27. The Labute approximate surface area is 105 Å². The molecule has 0 fully saturated rings. The minimum atomic E-state index is -0.0392. The second-order valence-corrected chi connectivity index (χ2v) is 2.87. The molecule has 8 nitrogen and oxygen atoms in total. The lowest BCUT2D eigenvalue weighted by Gasteiger charge is -2.03. The Hall–Kier alpha value is -2.35. The average Bonchev–Trinajstić information content (AvgIpc) is 2.25. The van der Waals surface area contributed by atoms with Gasteiger partial charge in [-0.2, -0.15) is 0 Å². The summed E-state index contributed by atoms with van der Waals surface area (Å²) in [5.41, 5.74) is 27.4. The third-order valence-corrected chi connectivity index (χ3v) is 1.51. The van der Waals surface area contributed by atoms with Crippen molar-refractivity contribution >= 4 is 35.7 Å². The fourth-order valence-corrected chi connectivity index (χ4v) is 0.877. The summed E-state index contributed by atoms with van der Waals surface area (Å²) in [4.78, 5) is 0. The molecule has 0 aliphatic heterocycles. The van der Waals surface area contributed by atoms with Crippen molar-refractivity contribution in [3.63, 3.8) is 0 Å². The lowest BCUT2D eigenvalue weighted by molar-refractivity contribution is 1.27. The Morgan fingerprint density at radius 3 is 1.29 bits per heavy atom. The molecular weight excluding hydrogens is 244 g/mol. The molecule has 0 aromatic heterocycles. The molecule has 0 spiro atoms. The summed E-state index contributed by atoms with van der Waals surface area (Å²) in [6, 6.07) is 7.04. The summed E-state index contributed by atoms with van der Waals surface area (Å²) < 4.78 is 0. The van der Waals surface area contributed by atoms with Crippen molar-refractivity contribution in [2.24, 2.45) is 33.1 Å². The van der Waals surface area contributed by atoms with E-state index in [4.69, 9.17) is 22.9 Å². The molecule has 9 heteroatoms. The van der Waals surface area contributed by atoms with Gasteiger partial charge >= 0.3 is 0 Å². The molecule has 0 heterocycles. The van der Waals surface area contributed by atoms with Crippen LogP contribution < -0.4 is 33.8 Å². The van der Waals surface area contributed by atoms with Crippen molar-refractivity contribution in [2.75, 3.05) is 10.9 Å². The standard InChI is InChI=1S/C8H14N8.ClH/c9-7(10)15-13-5-1-2-6(4-3-5)14-16-8(11)12;/h1-4,13-14H,(H4,9,10,15)(H4,11,12,16);1H. The predicted octanol–water partition coefficient (Wildman–Crippen LogP) is -0.691. The molecule has 94 valence electrons. The van der Waals surface area contributed by atoms with E-state index in [1.807, 2.05) is 0 Å². The number of anilines is 2. The van der Waals surface area contributed by atoms with E-state index in [1.165, 1.54) is 0 Å². The highest BCUT2D eigenvalue weighted by atomic mass is 35.5. The van der Waals surface area contributed by atoms with Crippen molar-refractivity contribution in [1.29, 1.82) is 0 Å². The molecule has 0 bridgehead atoms. The van der Waals surface area contributed by atoms with Gasteiger partial charge in [0, 0.05) is 0 Å². The molecule has 0 saturated carbocycles. The number of nitrogens with zero attached hydrogens (tertiary/aromatic N) is 2. The summed E-state index contributed by atoms with van der Waals surface area (Å²) in [6.07, 6.45) is 0. The SMILES string of the molecule is Cl.NC(N)=NNc1ccc(NN=C(N)N)cc1. The van der Waals surface area contributed by atoms with Crippen molar-refractivity contribution in [1.82, 2.24) is 0 Å². The quantitative estimate of drug-likeness (QED) is 0.239. The lowest BCUT2D eigenvalue weighted by atomic mass is 10.3. The number of hydrazone groups is 2. The molecule has 0 atom stereocenters. The smallest absolute Gasteiger partial charge is 0.208 e. The van der Waals surface area contributed by atoms with E-state index >= 15 is 0 Å². The molecule has 1 rings (SSSR count). The normalized spacial score (nSPS) is 8.47. The number of nitrogens with one attached hydrogen (secondary N) is 2. The van der Waals surface area contributed by atoms with Crippen LogP contribution in [-0.4, -0.2) is 11.9 Å². The van der Waals surface area contributed by atoms with Crippen LogP contribution in [0.5, 0.6) is 0 Å². The Balaban J connectivity index is 0.00000256. The molecule has 1 aromatic carbocycles. The van der Waals surface area contributed by atoms with Crippen LogP contribution in [0.1, 0.15) is 0 Å². The first kappa shape index (κ1) is 14.6. The van der Waals surface area contributed by atoms with Crippen LogP contribution in [0.25, 0.3) is 0 Å². The Bertz CT molecular complexity index is 351. The molecule has 0 saturated heterocycles. The number of benzene rings is 1. The van der Waals surface area contributed by atoms with Gasteiger partial charge in [-0.3, -0.25) is 10.9 Å². The van der Waals surface area contributed by atoms with Crippen LogP contribution in [0.4, 0.5) is 11.4 Å². The summed E-state index contributed by atoms with van der Waals surface area (Å²) in [7, 11) is 0. The van der Waals surface area contributed by atoms with Gasteiger partial charge in [0.1, 0.15) is 0 Å². The number of halogens is 1. The van der Waals surface area contributed by atoms with Crippen LogP contribution in [0, 0.1) is 0 Å². The van der Waals surface area contributed by atoms with E-state index in [-0.39, 0.29) is 24.3 Å². The first-order valence-electron chi connectivity index (χ1n) is 4.37. The van der Waals surface area contributed by atoms with E-state index in [1.54, 1.807) is 24.3 Å². The van der Waals surface area contributed by atoms with Gasteiger partial charge in [0.15, 0.2) is 0 Å². The van der Waals surface area contributed by atoms with E-state index in [9.17, 15) is 0 Å². The van der Waals surface area contributed by atoms with Gasteiger partial charge in [-0.1, -0.05) is 0 Å². The lowest BCUT2D eigenvalue weighted by Crippen LogP contribution is -2.24. The highest BCUT2D eigenvalue weighted by molar-refractivity contribution is 5.85. The highest BCUT2D eigenvalue weighted by Crippen LogP contribution is 2.13. The number of guanidine groups is 2. The zero-order chi connectivity index (χ0) is 12.0. The second kappa shape index (κ2) is 7.01. The van der Waals surface area contributed by atoms with Gasteiger partial charge in [-0.05, 0) is 24.3 Å². The molecule has 0 aliphatic rings. The summed E-state index contributed by atoms with van der Waals surface area (Å²) in [5.74, 6) is -0.0783. The molecule has 0 unspecified atom stereocenters. The largest absolute Gasteiger partial charge is 0.369 e. The van der Waals surface area contributed by atoms with Crippen LogP contribution in [0.2, 0.25) is 0 Å². The van der Waals surface area contributed by atoms with E-state index in [0.29, 0.717) is 0 Å². The van der Waals surface area contributed by atoms with E-state index in [0.717, 1.165) is 11.4 Å². The van der Waals surface area contributed by atoms with Crippen LogP contribution in [0.3, 0.4) is 0 Å². The number of rotatable bonds is 4. The van der Waals surface area contributed by atoms with Crippen molar-refractivity contribution in [2.45, 2.75) is 0 Å². The molecular formula is C8H15ClN8. The minimum Gasteiger partial charge on any atom is -0.369 e. The molecule has 10 N–H and O–H groups in total. The second-order valence-electron chi connectivity index (χ2n) is 2.87. The van der Waals surface area contributed by atoms with E-state index in [2.05, 4.69) is 21.1 Å². The van der Waals surface area contributed by atoms with Crippen molar-refractivity contribution < 1.29 is 0 Å². The molecule has 17 heavy (non-hydrogen) atoms. The fraction of sp³-hybridized carbons (Fsp3) is 0. The first-order chi connectivity index (χ1) is 7.58. The molecule has 0 amide bonds. The maximum absolute atomic E-state index is 5.16. The van der Waals surface area contributed by atoms with E-state index < -0.39 is 0 Å². The van der Waals surface area contributed by atoms with Gasteiger partial charge in [0.25, 0.3) is 0 Å². The zero-order valence-corrected chi connectivity index (χ0v) is 9.74. The molecule has 0 radical (unpaired) electrons. The van der Waals surface area contributed by atoms with Gasteiger partial charge in [-0.15, -0.1) is 22.6 Å². The summed E-state index contributed by atoms with van der Waals surface area (Å²) >= 11 is 0. The first-order valence-corrected chi connectivity index (χ1v) is 4.37. The fourth-order valence-electron chi connectivity index (χ4n) is 0.877. The van der Waals surface area contributed by atoms with Gasteiger partial charge in [0.2, 0.25) is 11.9 Å². The van der Waals surface area contributed by atoms with Gasteiger partial charge in [0.05, 0.1) is 11.4 Å². The Kier molecular flexibility index (Phi) is 6.04. The van der Waals surface area contributed by atoms with Crippen molar-refractivity contribution in [3.8, 4) is 0 Å². The van der Waals surface area contributed by atoms with Crippen molar-refractivity contribution in [3.05, 3.63) is 24.3 Å². The topological polar surface area (TPSA) is 153 Å². The predicted molar refractivity (Wildman–Crippen MR) is 72.6 cm³/mol. The minimum absolute atomic E-state index is 0. The Morgan fingerprint density at radius 1 is 0.765 bits per heavy atom. The van der Waals surface area contributed by atoms with Gasteiger partial charge < -0.3 is 22.9 Å².